The second-order valence-corrected chi connectivity index (χ2v) is 3.94. The van der Waals surface area contributed by atoms with Crippen LogP contribution in [-0.2, 0) is 9.53 Å². The molecule has 82 valence electrons. The molecule has 0 saturated carbocycles. The number of carbonyl (C=O) groups is 1. The summed E-state index contributed by atoms with van der Waals surface area (Å²) in [5.74, 6) is -0.0315. The van der Waals surface area contributed by atoms with Gasteiger partial charge in [-0.3, -0.25) is 4.79 Å². The Morgan fingerprint density at radius 2 is 2.43 bits per heavy atom. The molecule has 0 radical (unpaired) electrons. The Labute approximate surface area is 84.2 Å². The number of nitrogens with two attached hydrogens (primary N) is 2. The van der Waals surface area contributed by atoms with Crippen LogP contribution in [0.4, 0.5) is 0 Å². The van der Waals surface area contributed by atoms with Crippen LogP contribution in [0, 0.1) is 5.41 Å². The SMILES string of the molecule is CC1(C(=O)NCCCN)COCC1N. The zero-order chi connectivity index (χ0) is 10.6. The molecule has 1 rings (SSSR count). The van der Waals surface area contributed by atoms with Gasteiger partial charge in [0.05, 0.1) is 18.6 Å². The largest absolute Gasteiger partial charge is 0.379 e. The van der Waals surface area contributed by atoms with Crippen molar-refractivity contribution in [2.24, 2.45) is 16.9 Å². The summed E-state index contributed by atoms with van der Waals surface area (Å²) in [7, 11) is 0. The fourth-order valence-electron chi connectivity index (χ4n) is 1.43. The van der Waals surface area contributed by atoms with E-state index in [1.165, 1.54) is 0 Å². The van der Waals surface area contributed by atoms with Crippen LogP contribution in [-0.4, -0.2) is 38.3 Å². The first-order valence-electron chi connectivity index (χ1n) is 4.93. The van der Waals surface area contributed by atoms with Gasteiger partial charge in [0.1, 0.15) is 0 Å². The van der Waals surface area contributed by atoms with Crippen molar-refractivity contribution in [3.63, 3.8) is 0 Å². The summed E-state index contributed by atoms with van der Waals surface area (Å²) in [4.78, 5) is 11.7. The summed E-state index contributed by atoms with van der Waals surface area (Å²) in [6.45, 7) is 3.89. The van der Waals surface area contributed by atoms with Crippen LogP contribution in [0.5, 0.6) is 0 Å². The highest BCUT2D eigenvalue weighted by atomic mass is 16.5. The third-order valence-electron chi connectivity index (χ3n) is 2.70. The summed E-state index contributed by atoms with van der Waals surface area (Å²) < 4.78 is 5.19. The highest BCUT2D eigenvalue weighted by molar-refractivity contribution is 5.83. The molecule has 0 aromatic carbocycles. The van der Waals surface area contributed by atoms with Crippen molar-refractivity contribution in [3.8, 4) is 0 Å². The molecular formula is C9H19N3O2. The lowest BCUT2D eigenvalue weighted by Crippen LogP contribution is -2.50. The molecule has 0 aromatic rings. The molecule has 2 unspecified atom stereocenters. The summed E-state index contributed by atoms with van der Waals surface area (Å²) in [6.07, 6.45) is 0.790. The molecule has 1 saturated heterocycles. The summed E-state index contributed by atoms with van der Waals surface area (Å²) >= 11 is 0. The summed E-state index contributed by atoms with van der Waals surface area (Å²) in [6, 6.07) is -0.208. The first kappa shape index (κ1) is 11.4. The lowest BCUT2D eigenvalue weighted by atomic mass is 9.85. The van der Waals surface area contributed by atoms with E-state index in [0.717, 1.165) is 6.42 Å². The fourth-order valence-corrected chi connectivity index (χ4v) is 1.43. The molecular weight excluding hydrogens is 182 g/mol. The Bertz CT molecular complexity index is 210. The maximum absolute atomic E-state index is 11.7. The van der Waals surface area contributed by atoms with E-state index in [-0.39, 0.29) is 11.9 Å². The monoisotopic (exact) mass is 201 g/mol. The predicted molar refractivity (Wildman–Crippen MR) is 53.6 cm³/mol. The average Bonchev–Trinajstić information content (AvgIpc) is 2.49. The molecule has 5 heteroatoms. The minimum Gasteiger partial charge on any atom is -0.379 e. The first-order valence-corrected chi connectivity index (χ1v) is 4.93. The van der Waals surface area contributed by atoms with E-state index < -0.39 is 5.41 Å². The van der Waals surface area contributed by atoms with E-state index in [2.05, 4.69) is 5.32 Å². The topological polar surface area (TPSA) is 90.4 Å². The molecule has 0 aliphatic carbocycles. The zero-order valence-corrected chi connectivity index (χ0v) is 8.58. The first-order chi connectivity index (χ1) is 6.61. The van der Waals surface area contributed by atoms with Gasteiger partial charge in [-0.2, -0.15) is 0 Å². The number of rotatable bonds is 4. The van der Waals surface area contributed by atoms with Gasteiger partial charge < -0.3 is 21.5 Å². The van der Waals surface area contributed by atoms with Gasteiger partial charge in [-0.25, -0.2) is 0 Å². The Morgan fingerprint density at radius 1 is 1.71 bits per heavy atom. The number of hydrogen-bond donors (Lipinski definition) is 3. The van der Waals surface area contributed by atoms with E-state index in [9.17, 15) is 4.79 Å². The molecule has 0 bridgehead atoms. The van der Waals surface area contributed by atoms with Crippen LogP contribution < -0.4 is 16.8 Å². The molecule has 1 aliphatic rings. The van der Waals surface area contributed by atoms with Crippen LogP contribution in [0.2, 0.25) is 0 Å². The van der Waals surface area contributed by atoms with Gasteiger partial charge in [-0.15, -0.1) is 0 Å². The maximum Gasteiger partial charge on any atom is 0.229 e. The van der Waals surface area contributed by atoms with Crippen LogP contribution in [0.3, 0.4) is 0 Å². The van der Waals surface area contributed by atoms with Gasteiger partial charge in [0, 0.05) is 12.6 Å². The minimum atomic E-state index is -0.575. The van der Waals surface area contributed by atoms with Crippen LogP contribution in [0.1, 0.15) is 13.3 Å². The number of hydrogen-bond acceptors (Lipinski definition) is 4. The molecule has 0 aromatic heterocycles. The van der Waals surface area contributed by atoms with Gasteiger partial charge in [0.15, 0.2) is 0 Å². The van der Waals surface area contributed by atoms with Crippen molar-refractivity contribution < 1.29 is 9.53 Å². The lowest BCUT2D eigenvalue weighted by molar-refractivity contribution is -0.130. The third kappa shape index (κ3) is 2.23. The molecule has 2 atom stereocenters. The number of carbonyl (C=O) groups excluding carboxylic acids is 1. The minimum absolute atomic E-state index is 0.0315. The van der Waals surface area contributed by atoms with Gasteiger partial charge in [-0.05, 0) is 19.9 Å². The van der Waals surface area contributed by atoms with Crippen molar-refractivity contribution in [1.29, 1.82) is 0 Å². The standard InChI is InChI=1S/C9H19N3O2/c1-9(6-14-5-7(9)11)8(13)12-4-2-3-10/h7H,2-6,10-11H2,1H3,(H,12,13). The van der Waals surface area contributed by atoms with Crippen molar-refractivity contribution in [1.82, 2.24) is 5.32 Å². The Kier molecular flexibility index (Phi) is 3.86. The maximum atomic E-state index is 11.7. The second kappa shape index (κ2) is 4.72. The predicted octanol–water partition coefficient (Wildman–Crippen LogP) is -1.18. The van der Waals surface area contributed by atoms with Gasteiger partial charge in [0.25, 0.3) is 0 Å². The van der Waals surface area contributed by atoms with Crippen molar-refractivity contribution >= 4 is 5.91 Å². The molecule has 1 aliphatic heterocycles. The van der Waals surface area contributed by atoms with E-state index >= 15 is 0 Å². The second-order valence-electron chi connectivity index (χ2n) is 3.94. The van der Waals surface area contributed by atoms with Crippen LogP contribution in [0.25, 0.3) is 0 Å². The molecule has 5 N–H and O–H groups in total. The third-order valence-corrected chi connectivity index (χ3v) is 2.70. The van der Waals surface area contributed by atoms with Gasteiger partial charge >= 0.3 is 0 Å². The molecule has 14 heavy (non-hydrogen) atoms. The molecule has 1 fully saturated rings. The normalized spacial score (nSPS) is 31.8. The Morgan fingerprint density at radius 3 is 2.93 bits per heavy atom. The highest BCUT2D eigenvalue weighted by Gasteiger charge is 2.43. The van der Waals surface area contributed by atoms with Crippen LogP contribution >= 0.6 is 0 Å². The van der Waals surface area contributed by atoms with Gasteiger partial charge in [0.2, 0.25) is 5.91 Å². The highest BCUT2D eigenvalue weighted by Crippen LogP contribution is 2.26. The summed E-state index contributed by atoms with van der Waals surface area (Å²) in [5, 5.41) is 2.82. The quantitative estimate of drug-likeness (QED) is 0.499. The van der Waals surface area contributed by atoms with E-state index in [0.29, 0.717) is 26.3 Å². The van der Waals surface area contributed by atoms with E-state index in [1.807, 2.05) is 6.92 Å². The average molecular weight is 201 g/mol. The Hall–Kier alpha value is -0.650. The summed E-state index contributed by atoms with van der Waals surface area (Å²) in [5.41, 5.74) is 10.6. The Balaban J connectivity index is 2.42. The fraction of sp³-hybridized carbons (Fsp3) is 0.889. The smallest absolute Gasteiger partial charge is 0.229 e. The molecule has 1 amide bonds. The van der Waals surface area contributed by atoms with Crippen molar-refractivity contribution in [3.05, 3.63) is 0 Å². The van der Waals surface area contributed by atoms with E-state index in [4.69, 9.17) is 16.2 Å². The zero-order valence-electron chi connectivity index (χ0n) is 8.58. The molecule has 5 nitrogen and oxygen atoms in total. The van der Waals surface area contributed by atoms with E-state index in [1.54, 1.807) is 0 Å². The molecule has 0 spiro atoms. The number of amides is 1. The number of ether oxygens (including phenoxy) is 1. The molecule has 1 heterocycles. The van der Waals surface area contributed by atoms with Crippen LogP contribution in [0.15, 0.2) is 0 Å². The van der Waals surface area contributed by atoms with Crippen molar-refractivity contribution in [2.45, 2.75) is 19.4 Å². The van der Waals surface area contributed by atoms with Crippen molar-refractivity contribution in [2.75, 3.05) is 26.3 Å². The number of nitrogens with one attached hydrogen (secondary N) is 1. The lowest BCUT2D eigenvalue weighted by Gasteiger charge is -2.25. The van der Waals surface area contributed by atoms with Gasteiger partial charge in [-0.1, -0.05) is 0 Å².